The van der Waals surface area contributed by atoms with Gasteiger partial charge in [0.2, 0.25) is 0 Å². The van der Waals surface area contributed by atoms with Crippen LogP contribution in [0.2, 0.25) is 0 Å². The lowest BCUT2D eigenvalue weighted by Crippen LogP contribution is -2.11. The van der Waals surface area contributed by atoms with Crippen molar-refractivity contribution in [2.45, 2.75) is 31.0 Å². The van der Waals surface area contributed by atoms with Gasteiger partial charge in [-0.25, -0.2) is 8.78 Å². The lowest BCUT2D eigenvalue weighted by molar-refractivity contribution is 0.500. The van der Waals surface area contributed by atoms with Crippen LogP contribution >= 0.6 is 15.9 Å². The fourth-order valence-electron chi connectivity index (χ4n) is 2.05. The van der Waals surface area contributed by atoms with E-state index in [1.165, 1.54) is 11.6 Å². The van der Waals surface area contributed by atoms with Crippen molar-refractivity contribution in [1.29, 1.82) is 0 Å². The zero-order valence-corrected chi connectivity index (χ0v) is 13.3. The van der Waals surface area contributed by atoms with Crippen LogP contribution in [0.1, 0.15) is 42.3 Å². The van der Waals surface area contributed by atoms with E-state index in [4.69, 9.17) is 0 Å². The van der Waals surface area contributed by atoms with Gasteiger partial charge in [-0.2, -0.15) is 0 Å². The first-order chi connectivity index (χ1) is 9.30. The molecule has 0 spiro atoms. The van der Waals surface area contributed by atoms with Crippen LogP contribution in [0.3, 0.4) is 0 Å². The summed E-state index contributed by atoms with van der Waals surface area (Å²) in [5, 5.41) is 0. The van der Waals surface area contributed by atoms with Gasteiger partial charge < -0.3 is 0 Å². The molecule has 0 aromatic heterocycles. The summed E-state index contributed by atoms with van der Waals surface area (Å²) in [6.45, 7) is 6.42. The number of alkyl halides is 1. The molecule has 2 aromatic rings. The number of hydrogen-bond acceptors (Lipinski definition) is 0. The minimum Gasteiger partial charge on any atom is -0.204 e. The summed E-state index contributed by atoms with van der Waals surface area (Å²) < 4.78 is 27.1. The Bertz CT molecular complexity index is 597. The zero-order chi connectivity index (χ0) is 14.9. The van der Waals surface area contributed by atoms with Crippen molar-refractivity contribution in [3.63, 3.8) is 0 Å². The molecule has 106 valence electrons. The summed E-state index contributed by atoms with van der Waals surface area (Å²) in [6, 6.07) is 12.2. The number of halogens is 3. The molecule has 20 heavy (non-hydrogen) atoms. The van der Waals surface area contributed by atoms with Gasteiger partial charge in [-0.1, -0.05) is 73.1 Å². The average molecular weight is 339 g/mol. The fraction of sp³-hybridized carbons (Fsp3) is 0.294. The highest BCUT2D eigenvalue weighted by atomic mass is 79.9. The molecular weight excluding hydrogens is 322 g/mol. The minimum absolute atomic E-state index is 0.0739. The molecule has 0 amide bonds. The van der Waals surface area contributed by atoms with Gasteiger partial charge in [0, 0.05) is 5.56 Å². The van der Waals surface area contributed by atoms with Crippen LogP contribution in [0.15, 0.2) is 42.5 Å². The van der Waals surface area contributed by atoms with Crippen LogP contribution in [0.25, 0.3) is 0 Å². The monoisotopic (exact) mass is 338 g/mol. The molecule has 0 fully saturated rings. The predicted molar refractivity (Wildman–Crippen MR) is 82.3 cm³/mol. The lowest BCUT2D eigenvalue weighted by Gasteiger charge is -2.20. The van der Waals surface area contributed by atoms with E-state index in [9.17, 15) is 8.78 Å². The zero-order valence-electron chi connectivity index (χ0n) is 11.8. The van der Waals surface area contributed by atoms with Gasteiger partial charge in [0.05, 0.1) is 4.83 Å². The molecule has 0 aliphatic carbocycles. The van der Waals surface area contributed by atoms with E-state index in [1.807, 2.05) is 24.3 Å². The SMILES string of the molecule is CC(C)(C)c1ccc(C(Br)c2cccc(F)c2F)cc1. The molecule has 0 N–H and O–H groups in total. The van der Waals surface area contributed by atoms with Gasteiger partial charge in [-0.15, -0.1) is 0 Å². The highest BCUT2D eigenvalue weighted by Crippen LogP contribution is 2.34. The molecule has 2 rings (SSSR count). The smallest absolute Gasteiger partial charge is 0.163 e. The molecule has 0 aliphatic heterocycles. The Balaban J connectivity index is 2.34. The molecule has 0 saturated carbocycles. The van der Waals surface area contributed by atoms with E-state index in [0.29, 0.717) is 5.56 Å². The summed E-state index contributed by atoms with van der Waals surface area (Å²) in [4.78, 5) is -0.354. The molecule has 0 saturated heterocycles. The van der Waals surface area contributed by atoms with Gasteiger partial charge in [0.15, 0.2) is 11.6 Å². The fourth-order valence-corrected chi connectivity index (χ4v) is 2.71. The average Bonchev–Trinajstić information content (AvgIpc) is 2.40. The number of benzene rings is 2. The maximum absolute atomic E-state index is 13.8. The minimum atomic E-state index is -0.821. The Morgan fingerprint density at radius 3 is 2.10 bits per heavy atom. The van der Waals surface area contributed by atoms with Crippen molar-refractivity contribution in [3.8, 4) is 0 Å². The van der Waals surface area contributed by atoms with Crippen LogP contribution in [-0.4, -0.2) is 0 Å². The van der Waals surface area contributed by atoms with E-state index in [2.05, 4.69) is 36.7 Å². The first-order valence-electron chi connectivity index (χ1n) is 6.49. The highest BCUT2D eigenvalue weighted by Gasteiger charge is 2.19. The molecular formula is C17H17BrF2. The Labute approximate surface area is 127 Å². The number of rotatable bonds is 2. The van der Waals surface area contributed by atoms with Gasteiger partial charge in [0.1, 0.15) is 0 Å². The van der Waals surface area contributed by atoms with E-state index in [1.54, 1.807) is 6.07 Å². The summed E-state index contributed by atoms with van der Waals surface area (Å²) in [5.41, 5.74) is 2.50. The lowest BCUT2D eigenvalue weighted by atomic mass is 9.86. The van der Waals surface area contributed by atoms with Crippen molar-refractivity contribution < 1.29 is 8.78 Å². The van der Waals surface area contributed by atoms with Gasteiger partial charge in [-0.05, 0) is 22.6 Å². The molecule has 1 unspecified atom stereocenters. The van der Waals surface area contributed by atoms with Gasteiger partial charge >= 0.3 is 0 Å². The van der Waals surface area contributed by atoms with Crippen LogP contribution in [0.5, 0.6) is 0 Å². The van der Waals surface area contributed by atoms with Crippen LogP contribution in [0, 0.1) is 11.6 Å². The topological polar surface area (TPSA) is 0 Å². The summed E-state index contributed by atoms with van der Waals surface area (Å²) >= 11 is 3.45. The number of hydrogen-bond donors (Lipinski definition) is 0. The largest absolute Gasteiger partial charge is 0.204 e. The third-order valence-corrected chi connectivity index (χ3v) is 4.35. The standard InChI is InChI=1S/C17H17BrF2/c1-17(2,3)12-9-7-11(8-10-12)15(18)13-5-4-6-14(19)16(13)20/h4-10,15H,1-3H3. The Morgan fingerprint density at radius 1 is 0.950 bits per heavy atom. The van der Waals surface area contributed by atoms with Crippen molar-refractivity contribution >= 4 is 15.9 Å². The van der Waals surface area contributed by atoms with Crippen molar-refractivity contribution in [1.82, 2.24) is 0 Å². The maximum Gasteiger partial charge on any atom is 0.163 e. The first kappa shape index (κ1) is 15.2. The third-order valence-electron chi connectivity index (χ3n) is 3.32. The van der Waals surface area contributed by atoms with Crippen molar-refractivity contribution in [2.24, 2.45) is 0 Å². The van der Waals surface area contributed by atoms with Crippen molar-refractivity contribution in [3.05, 3.63) is 70.8 Å². The van der Waals surface area contributed by atoms with Gasteiger partial charge in [0.25, 0.3) is 0 Å². The molecule has 3 heteroatoms. The molecule has 1 atom stereocenters. The molecule has 0 bridgehead atoms. The van der Waals surface area contributed by atoms with Crippen LogP contribution < -0.4 is 0 Å². The third kappa shape index (κ3) is 3.09. The van der Waals surface area contributed by atoms with E-state index < -0.39 is 11.6 Å². The second kappa shape index (κ2) is 5.65. The van der Waals surface area contributed by atoms with Crippen molar-refractivity contribution in [2.75, 3.05) is 0 Å². The molecule has 0 aliphatic rings. The summed E-state index contributed by atoms with van der Waals surface area (Å²) in [5.74, 6) is -1.62. The highest BCUT2D eigenvalue weighted by molar-refractivity contribution is 9.09. The van der Waals surface area contributed by atoms with Crippen LogP contribution in [-0.2, 0) is 5.41 Å². The first-order valence-corrected chi connectivity index (χ1v) is 7.40. The van der Waals surface area contributed by atoms with E-state index >= 15 is 0 Å². The second-order valence-electron chi connectivity index (χ2n) is 5.88. The Hall–Kier alpha value is -1.22. The van der Waals surface area contributed by atoms with Crippen LogP contribution in [0.4, 0.5) is 8.78 Å². The normalized spacial score (nSPS) is 13.3. The Kier molecular flexibility index (Phi) is 4.28. The molecule has 0 radical (unpaired) electrons. The summed E-state index contributed by atoms with van der Waals surface area (Å²) in [7, 11) is 0. The van der Waals surface area contributed by atoms with Gasteiger partial charge in [-0.3, -0.25) is 0 Å². The quantitative estimate of drug-likeness (QED) is 0.612. The molecule has 2 aromatic carbocycles. The Morgan fingerprint density at radius 2 is 1.55 bits per heavy atom. The molecule has 0 nitrogen and oxygen atoms in total. The summed E-state index contributed by atoms with van der Waals surface area (Å²) in [6.07, 6.45) is 0. The second-order valence-corrected chi connectivity index (χ2v) is 6.79. The molecule has 0 heterocycles. The van der Waals surface area contributed by atoms with E-state index in [0.717, 1.165) is 11.6 Å². The predicted octanol–water partition coefficient (Wildman–Crippen LogP) is 5.75. The maximum atomic E-state index is 13.8. The van der Waals surface area contributed by atoms with E-state index in [-0.39, 0.29) is 10.2 Å².